The van der Waals surface area contributed by atoms with E-state index in [9.17, 15) is 27.6 Å². The second-order valence-electron chi connectivity index (χ2n) is 9.84. The Morgan fingerprint density at radius 1 is 1.03 bits per heavy atom. The first-order valence-corrected chi connectivity index (χ1v) is 14.1. The molecule has 0 atom stereocenters. The van der Waals surface area contributed by atoms with Crippen molar-refractivity contribution in [2.75, 3.05) is 16.9 Å². The van der Waals surface area contributed by atoms with Crippen LogP contribution in [0.4, 0.5) is 15.8 Å². The molecule has 0 saturated heterocycles. The zero-order valence-electron chi connectivity index (χ0n) is 21.4. The largest absolute Gasteiger partial charge is 0.333 e. The minimum atomic E-state index is -3.81. The van der Waals surface area contributed by atoms with Crippen molar-refractivity contribution >= 4 is 44.2 Å². The van der Waals surface area contributed by atoms with Crippen LogP contribution in [0.5, 0.6) is 0 Å². The number of rotatable bonds is 6. The number of nitrogens with one attached hydrogen (secondary N) is 2. The fourth-order valence-corrected chi connectivity index (χ4v) is 4.98. The van der Waals surface area contributed by atoms with Gasteiger partial charge in [0.05, 0.1) is 17.9 Å². The Bertz CT molecular complexity index is 1800. The predicted octanol–water partition coefficient (Wildman–Crippen LogP) is 0.725. The zero-order valence-corrected chi connectivity index (χ0v) is 22.2. The van der Waals surface area contributed by atoms with Gasteiger partial charge < -0.3 is 15.2 Å². The molecule has 14 heteroatoms. The average molecular weight is 557 g/mol. The van der Waals surface area contributed by atoms with Crippen molar-refractivity contribution in [3.63, 3.8) is 0 Å². The van der Waals surface area contributed by atoms with Gasteiger partial charge in [-0.3, -0.25) is 23.5 Å². The lowest BCUT2D eigenvalue weighted by atomic mass is 10.1. The Morgan fingerprint density at radius 2 is 1.56 bits per heavy atom. The number of amides is 2. The molecule has 0 radical (unpaired) electrons. The number of sulfone groups is 1. The third-order valence-electron chi connectivity index (χ3n) is 6.60. The van der Waals surface area contributed by atoms with Crippen LogP contribution in [0, 0.1) is 29.5 Å². The molecule has 5 rings (SSSR count). The summed E-state index contributed by atoms with van der Waals surface area (Å²) in [7, 11) is -1.19. The zero-order chi connectivity index (χ0) is 28.2. The van der Waals surface area contributed by atoms with Gasteiger partial charge in [0.1, 0.15) is 0 Å². The van der Waals surface area contributed by atoms with Crippen molar-refractivity contribution in [2.45, 2.75) is 37.4 Å². The Hall–Kier alpha value is -4.25. The van der Waals surface area contributed by atoms with E-state index in [1.54, 1.807) is 0 Å². The molecule has 0 bridgehead atoms. The monoisotopic (exact) mass is 556 g/mol. The highest BCUT2D eigenvalue weighted by Gasteiger charge is 2.32. The Labute approximate surface area is 221 Å². The first-order chi connectivity index (χ1) is 18.4. The van der Waals surface area contributed by atoms with Gasteiger partial charge in [0, 0.05) is 37.8 Å². The highest BCUT2D eigenvalue weighted by atomic mass is 32.2. The molecule has 2 heterocycles. The van der Waals surface area contributed by atoms with E-state index in [1.807, 2.05) is 0 Å². The number of carbonyl (C=O) groups is 2. The van der Waals surface area contributed by atoms with Crippen LogP contribution in [0.15, 0.2) is 26.9 Å². The number of aromatic nitrogens is 4. The smallest absolute Gasteiger partial charge is 0.323 e. The number of hydrogen-bond donors (Lipinski definition) is 2. The quantitative estimate of drug-likeness (QED) is 0.424. The van der Waals surface area contributed by atoms with E-state index in [-0.39, 0.29) is 63.5 Å². The van der Waals surface area contributed by atoms with Crippen LogP contribution < -0.4 is 21.9 Å². The molecular weight excluding hydrogens is 531 g/mol. The number of fused-ring (bicyclic) bond motifs is 1. The number of carbonyl (C=O) groups excluding carboxylic acids is 2. The summed E-state index contributed by atoms with van der Waals surface area (Å²) in [6.45, 7) is -0.283. The molecule has 2 fully saturated rings. The molecule has 1 aromatic carbocycles. The molecule has 0 spiro atoms. The van der Waals surface area contributed by atoms with Gasteiger partial charge in [-0.15, -0.1) is 0 Å². The Morgan fingerprint density at radius 3 is 2.05 bits per heavy atom. The third kappa shape index (κ3) is 5.09. The summed E-state index contributed by atoms with van der Waals surface area (Å²) < 4.78 is 42.5. The fourth-order valence-electron chi connectivity index (χ4n) is 4.14. The second kappa shape index (κ2) is 9.49. The van der Waals surface area contributed by atoms with Crippen LogP contribution in [0.3, 0.4) is 0 Å². The second-order valence-corrected chi connectivity index (χ2v) is 11.8. The summed E-state index contributed by atoms with van der Waals surface area (Å²) in [5.74, 6) is 3.76. The van der Waals surface area contributed by atoms with Crippen molar-refractivity contribution in [1.82, 2.24) is 18.7 Å². The van der Waals surface area contributed by atoms with E-state index in [0.29, 0.717) is 0 Å². The summed E-state index contributed by atoms with van der Waals surface area (Å²) in [5.41, 5.74) is -1.71. The highest BCUT2D eigenvalue weighted by molar-refractivity contribution is 7.90. The van der Waals surface area contributed by atoms with Crippen molar-refractivity contribution in [3.8, 4) is 11.8 Å². The van der Waals surface area contributed by atoms with Crippen LogP contribution in [0.1, 0.15) is 31.2 Å². The number of aryl methyl sites for hydroxylation is 1. The number of benzene rings is 1. The van der Waals surface area contributed by atoms with E-state index >= 15 is 4.39 Å². The Balaban J connectivity index is 1.54. The van der Waals surface area contributed by atoms with Gasteiger partial charge in [0.2, 0.25) is 26.8 Å². The summed E-state index contributed by atoms with van der Waals surface area (Å²) in [5, 5.41) is 4.72. The summed E-state index contributed by atoms with van der Waals surface area (Å²) in [6, 6.07) is 2.66. The SMILES string of the molecule is Cn1c(=O)c2c(nc(S(C)(=O)=O)n2C)n(CC#Cc2cc(NC(=O)C3CC3)c(F)c(NC(=O)C3CC3)c2)c1=O. The lowest BCUT2D eigenvalue weighted by Gasteiger charge is -2.12. The van der Waals surface area contributed by atoms with Crippen molar-refractivity contribution in [2.24, 2.45) is 25.9 Å². The first kappa shape index (κ1) is 26.4. The van der Waals surface area contributed by atoms with E-state index in [4.69, 9.17) is 0 Å². The number of nitrogens with zero attached hydrogens (tertiary/aromatic N) is 4. The van der Waals surface area contributed by atoms with Gasteiger partial charge in [0.25, 0.3) is 5.56 Å². The number of halogens is 1. The highest BCUT2D eigenvalue weighted by Crippen LogP contribution is 2.34. The van der Waals surface area contributed by atoms with Gasteiger partial charge in [-0.1, -0.05) is 11.8 Å². The van der Waals surface area contributed by atoms with Crippen LogP contribution >= 0.6 is 0 Å². The minimum absolute atomic E-state index is 0.0868. The standard InChI is InChI=1S/C25H25FN6O6S/c1-30-19-20(29-24(30)39(3,37)38)32(25(36)31(2)23(19)35)10-4-5-13-11-16(27-21(33)14-6-7-14)18(26)17(12-13)28-22(34)15-8-9-15/h11-12,14-15H,6-10H2,1-3H3,(H,27,33)(H,28,34). The molecule has 39 heavy (non-hydrogen) atoms. The van der Waals surface area contributed by atoms with E-state index in [0.717, 1.165) is 45.6 Å². The molecule has 2 amide bonds. The molecule has 3 aromatic rings. The van der Waals surface area contributed by atoms with E-state index in [1.165, 1.54) is 26.2 Å². The minimum Gasteiger partial charge on any atom is -0.323 e. The normalized spacial score (nSPS) is 15.1. The van der Waals surface area contributed by atoms with Gasteiger partial charge in [-0.2, -0.15) is 4.98 Å². The summed E-state index contributed by atoms with van der Waals surface area (Å²) >= 11 is 0. The maximum Gasteiger partial charge on any atom is 0.333 e. The molecule has 0 unspecified atom stereocenters. The Kier molecular flexibility index (Phi) is 6.42. The topological polar surface area (TPSA) is 154 Å². The van der Waals surface area contributed by atoms with Crippen LogP contribution in [-0.4, -0.2) is 45.2 Å². The van der Waals surface area contributed by atoms with E-state index < -0.39 is 26.9 Å². The van der Waals surface area contributed by atoms with Gasteiger partial charge >= 0.3 is 5.69 Å². The average Bonchev–Trinajstić information content (AvgIpc) is 3.78. The first-order valence-electron chi connectivity index (χ1n) is 12.2. The van der Waals surface area contributed by atoms with Crippen molar-refractivity contribution in [3.05, 3.63) is 44.4 Å². The van der Waals surface area contributed by atoms with Crippen molar-refractivity contribution < 1.29 is 22.4 Å². The molecular formula is C25H25FN6O6S. The maximum absolute atomic E-state index is 15.2. The molecule has 2 aromatic heterocycles. The number of imidazole rings is 1. The van der Waals surface area contributed by atoms with Gasteiger partial charge in [-0.05, 0) is 37.8 Å². The number of hydrogen-bond acceptors (Lipinski definition) is 7. The summed E-state index contributed by atoms with van der Waals surface area (Å²) in [4.78, 5) is 54.2. The molecule has 204 valence electrons. The molecule has 2 aliphatic carbocycles. The molecule has 2 saturated carbocycles. The van der Waals surface area contributed by atoms with E-state index in [2.05, 4.69) is 27.5 Å². The van der Waals surface area contributed by atoms with Gasteiger partial charge in [0.15, 0.2) is 17.0 Å². The van der Waals surface area contributed by atoms with Crippen molar-refractivity contribution in [1.29, 1.82) is 0 Å². The lowest BCUT2D eigenvalue weighted by Crippen LogP contribution is -2.38. The molecule has 2 aliphatic rings. The summed E-state index contributed by atoms with van der Waals surface area (Å²) in [6.07, 6.45) is 3.81. The van der Waals surface area contributed by atoms with Gasteiger partial charge in [-0.25, -0.2) is 17.6 Å². The number of anilines is 2. The van der Waals surface area contributed by atoms with Crippen LogP contribution in [0.2, 0.25) is 0 Å². The maximum atomic E-state index is 15.2. The predicted molar refractivity (Wildman–Crippen MR) is 139 cm³/mol. The van der Waals surface area contributed by atoms with Crippen LogP contribution in [0.25, 0.3) is 11.2 Å². The molecule has 0 aliphatic heterocycles. The molecule has 2 N–H and O–H groups in total. The molecule has 12 nitrogen and oxygen atoms in total. The third-order valence-corrected chi connectivity index (χ3v) is 7.63. The fraction of sp³-hybridized carbons (Fsp3) is 0.400. The lowest BCUT2D eigenvalue weighted by molar-refractivity contribution is -0.118. The van der Waals surface area contributed by atoms with Crippen LogP contribution in [-0.2, 0) is 40.1 Å².